The average molecular weight is 369 g/mol. The summed E-state index contributed by atoms with van der Waals surface area (Å²) in [5, 5.41) is 30.0. The van der Waals surface area contributed by atoms with Crippen molar-refractivity contribution < 1.29 is 29.6 Å². The number of anilines is 1. The van der Waals surface area contributed by atoms with Crippen LogP contribution in [0.15, 0.2) is 17.1 Å². The van der Waals surface area contributed by atoms with Crippen LogP contribution in [0.1, 0.15) is 25.7 Å². The minimum absolute atomic E-state index is 0.0764. The Morgan fingerprint density at radius 3 is 2.69 bits per heavy atom. The number of aliphatic hydroxyl groups excluding tert-OH is 3. The van der Waals surface area contributed by atoms with E-state index >= 15 is 0 Å². The van der Waals surface area contributed by atoms with E-state index in [0.29, 0.717) is 0 Å². The predicted octanol–water partition coefficient (Wildman–Crippen LogP) is -1.68. The Labute approximate surface area is 149 Å². The molecule has 2 aliphatic rings. The van der Waals surface area contributed by atoms with Gasteiger partial charge in [-0.15, -0.1) is 0 Å². The van der Waals surface area contributed by atoms with E-state index in [-0.39, 0.29) is 18.3 Å². The van der Waals surface area contributed by atoms with E-state index in [1.807, 2.05) is 0 Å². The summed E-state index contributed by atoms with van der Waals surface area (Å²) >= 11 is 0. The lowest BCUT2D eigenvalue weighted by atomic mass is 10.0. The molecule has 0 unspecified atom stereocenters. The number of carbonyl (C=O) groups is 1. The minimum atomic E-state index is -2.34. The van der Waals surface area contributed by atoms with Gasteiger partial charge in [-0.3, -0.25) is 4.57 Å². The van der Waals surface area contributed by atoms with E-state index < -0.39 is 42.3 Å². The van der Waals surface area contributed by atoms with Crippen molar-refractivity contribution in [2.24, 2.45) is 5.92 Å². The Hall–Kier alpha value is -2.01. The van der Waals surface area contributed by atoms with Crippen LogP contribution in [0, 0.1) is 5.92 Å². The molecule has 1 aliphatic carbocycles. The van der Waals surface area contributed by atoms with Crippen molar-refractivity contribution in [2.45, 2.75) is 49.7 Å². The summed E-state index contributed by atoms with van der Waals surface area (Å²) in [5.41, 5.74) is 2.17. The van der Waals surface area contributed by atoms with Crippen LogP contribution in [-0.2, 0) is 20.0 Å². The van der Waals surface area contributed by atoms with Crippen LogP contribution in [0.3, 0.4) is 0 Å². The molecule has 2 fully saturated rings. The zero-order chi connectivity index (χ0) is 18.9. The number of nitrogens with two attached hydrogens (primary N) is 1. The second kappa shape index (κ2) is 7.31. The number of hydrogen-bond acceptors (Lipinski definition) is 9. The predicted molar refractivity (Wildman–Crippen MR) is 87.8 cm³/mol. The van der Waals surface area contributed by atoms with Crippen LogP contribution in [0.5, 0.6) is 0 Å². The van der Waals surface area contributed by atoms with E-state index in [0.717, 1.165) is 36.4 Å². The van der Waals surface area contributed by atoms with Gasteiger partial charge in [-0.1, -0.05) is 12.8 Å². The number of esters is 1. The summed E-state index contributed by atoms with van der Waals surface area (Å²) in [7, 11) is 0. The Kier molecular flexibility index (Phi) is 5.28. The molecule has 10 nitrogen and oxygen atoms in total. The standard InChI is InChI=1S/C16H23N3O7/c17-11-5-6-19(15(24)18-11)16(13(22)12(21)10(7-20)26-16)14(23)25-8-9-3-1-2-4-9/h5-6,9-10,12-13,20-22H,1-4,7-8H2,(H2,17,18,24)/t10-,12-,13-,16+/m1/s1. The minimum Gasteiger partial charge on any atom is -0.462 e. The number of nitrogen functional groups attached to an aromatic ring is 1. The number of hydrogen-bond donors (Lipinski definition) is 4. The van der Waals surface area contributed by atoms with Crippen molar-refractivity contribution in [2.75, 3.05) is 18.9 Å². The third kappa shape index (κ3) is 3.09. The van der Waals surface area contributed by atoms with Crippen molar-refractivity contribution in [3.05, 3.63) is 22.7 Å². The topological polar surface area (TPSA) is 157 Å². The highest BCUT2D eigenvalue weighted by Crippen LogP contribution is 2.36. The first-order chi connectivity index (χ1) is 12.4. The van der Waals surface area contributed by atoms with E-state index in [9.17, 15) is 24.9 Å². The first-order valence-corrected chi connectivity index (χ1v) is 8.58. The lowest BCUT2D eigenvalue weighted by molar-refractivity contribution is -0.203. The highest BCUT2D eigenvalue weighted by atomic mass is 16.6. The normalized spacial score (nSPS) is 32.0. The SMILES string of the molecule is Nc1ccn([C@]2(C(=O)OCC3CCCC3)O[C@H](CO)[C@@H](O)[C@H]2O)c(=O)n1. The maximum absolute atomic E-state index is 12.9. The van der Waals surface area contributed by atoms with Gasteiger partial charge in [0, 0.05) is 6.20 Å². The molecular weight excluding hydrogens is 346 g/mol. The molecule has 5 N–H and O–H groups in total. The quantitative estimate of drug-likeness (QED) is 0.445. The maximum Gasteiger partial charge on any atom is 0.363 e. The number of rotatable bonds is 5. The second-order valence-corrected chi connectivity index (χ2v) is 6.72. The van der Waals surface area contributed by atoms with Gasteiger partial charge in [-0.25, -0.2) is 9.59 Å². The number of carbonyl (C=O) groups excluding carboxylic acids is 1. The Balaban J connectivity index is 1.96. The molecule has 4 atom stereocenters. The van der Waals surface area contributed by atoms with Crippen molar-refractivity contribution in [3.8, 4) is 0 Å². The number of aliphatic hydroxyl groups is 3. The summed E-state index contributed by atoms with van der Waals surface area (Å²) in [6, 6.07) is 1.25. The Morgan fingerprint density at radius 2 is 2.12 bits per heavy atom. The van der Waals surface area contributed by atoms with E-state index in [4.69, 9.17) is 15.2 Å². The van der Waals surface area contributed by atoms with Crippen LogP contribution in [0.2, 0.25) is 0 Å². The molecule has 1 aliphatic heterocycles. The van der Waals surface area contributed by atoms with Crippen molar-refractivity contribution in [1.29, 1.82) is 0 Å². The molecule has 10 heteroatoms. The molecule has 0 spiro atoms. The average Bonchev–Trinajstić information content (AvgIpc) is 3.22. The molecule has 0 amide bonds. The van der Waals surface area contributed by atoms with Crippen LogP contribution in [0.4, 0.5) is 5.82 Å². The second-order valence-electron chi connectivity index (χ2n) is 6.72. The molecule has 144 valence electrons. The zero-order valence-corrected chi connectivity index (χ0v) is 14.2. The van der Waals surface area contributed by atoms with Crippen molar-refractivity contribution in [3.63, 3.8) is 0 Å². The largest absolute Gasteiger partial charge is 0.462 e. The molecule has 1 saturated carbocycles. The summed E-state index contributed by atoms with van der Waals surface area (Å²) in [6.45, 7) is -0.541. The van der Waals surface area contributed by atoms with Gasteiger partial charge < -0.3 is 30.5 Å². The van der Waals surface area contributed by atoms with E-state index in [1.165, 1.54) is 6.07 Å². The fraction of sp³-hybridized carbons (Fsp3) is 0.688. The van der Waals surface area contributed by atoms with Gasteiger partial charge in [0.1, 0.15) is 24.1 Å². The molecule has 0 bridgehead atoms. The molecular formula is C16H23N3O7. The summed E-state index contributed by atoms with van der Waals surface area (Å²) in [5.74, 6) is -0.901. The summed E-state index contributed by atoms with van der Waals surface area (Å²) < 4.78 is 11.5. The van der Waals surface area contributed by atoms with Gasteiger partial charge in [-0.2, -0.15) is 4.98 Å². The van der Waals surface area contributed by atoms with Gasteiger partial charge in [0.05, 0.1) is 13.2 Å². The van der Waals surface area contributed by atoms with Gasteiger partial charge in [-0.05, 0) is 24.8 Å². The molecule has 1 saturated heterocycles. The molecule has 0 aromatic carbocycles. The molecule has 3 rings (SSSR count). The number of nitrogens with zero attached hydrogens (tertiary/aromatic N) is 2. The fourth-order valence-corrected chi connectivity index (χ4v) is 3.56. The van der Waals surface area contributed by atoms with Gasteiger partial charge in [0.25, 0.3) is 5.72 Å². The fourth-order valence-electron chi connectivity index (χ4n) is 3.56. The lowest BCUT2D eigenvalue weighted by Crippen LogP contribution is -2.56. The first kappa shape index (κ1) is 18.8. The van der Waals surface area contributed by atoms with Crippen LogP contribution in [-0.4, -0.2) is 62.4 Å². The molecule has 1 aromatic heterocycles. The van der Waals surface area contributed by atoms with Crippen LogP contribution >= 0.6 is 0 Å². The zero-order valence-electron chi connectivity index (χ0n) is 14.2. The van der Waals surface area contributed by atoms with Crippen molar-refractivity contribution in [1.82, 2.24) is 9.55 Å². The van der Waals surface area contributed by atoms with Crippen LogP contribution in [0.25, 0.3) is 0 Å². The Morgan fingerprint density at radius 1 is 1.42 bits per heavy atom. The lowest BCUT2D eigenvalue weighted by Gasteiger charge is -2.31. The summed E-state index contributed by atoms with van der Waals surface area (Å²) in [6.07, 6.45) is 0.398. The van der Waals surface area contributed by atoms with Crippen LogP contribution < -0.4 is 11.4 Å². The highest BCUT2D eigenvalue weighted by molar-refractivity contribution is 5.78. The molecule has 2 heterocycles. The molecule has 1 aromatic rings. The first-order valence-electron chi connectivity index (χ1n) is 8.58. The van der Waals surface area contributed by atoms with E-state index in [2.05, 4.69) is 4.98 Å². The number of ether oxygens (including phenoxy) is 2. The van der Waals surface area contributed by atoms with E-state index in [1.54, 1.807) is 0 Å². The van der Waals surface area contributed by atoms with Crippen molar-refractivity contribution >= 4 is 11.8 Å². The maximum atomic E-state index is 12.9. The summed E-state index contributed by atoms with van der Waals surface area (Å²) in [4.78, 5) is 28.7. The van der Waals surface area contributed by atoms with Gasteiger partial charge >= 0.3 is 11.7 Å². The highest BCUT2D eigenvalue weighted by Gasteiger charge is 2.62. The monoisotopic (exact) mass is 369 g/mol. The van der Waals surface area contributed by atoms with Gasteiger partial charge in [0.2, 0.25) is 0 Å². The van der Waals surface area contributed by atoms with Gasteiger partial charge in [0.15, 0.2) is 0 Å². The molecule has 26 heavy (non-hydrogen) atoms. The third-order valence-corrected chi connectivity index (χ3v) is 5.02. The third-order valence-electron chi connectivity index (χ3n) is 5.02. The molecule has 0 radical (unpaired) electrons. The number of aromatic nitrogens is 2. The Bertz CT molecular complexity index is 718. The smallest absolute Gasteiger partial charge is 0.363 e.